The molecular weight excluding hydrogens is 228 g/mol. The van der Waals surface area contributed by atoms with Crippen molar-refractivity contribution in [2.75, 3.05) is 19.6 Å². The Bertz CT molecular complexity index is 345. The molecule has 2 heterocycles. The molecule has 1 aromatic heterocycles. The maximum absolute atomic E-state index is 6.22. The molecule has 17 heavy (non-hydrogen) atoms. The van der Waals surface area contributed by atoms with E-state index >= 15 is 0 Å². The molecule has 2 nitrogen and oxygen atoms in total. The van der Waals surface area contributed by atoms with Crippen molar-refractivity contribution in [3.8, 4) is 0 Å². The Balaban J connectivity index is 1.62. The smallest absolute Gasteiger partial charge is 0.0174 e. The molecule has 0 aromatic carbocycles. The summed E-state index contributed by atoms with van der Waals surface area (Å²) in [5, 5.41) is 2.19. The highest BCUT2D eigenvalue weighted by Gasteiger charge is 2.29. The zero-order chi connectivity index (χ0) is 11.7. The van der Waals surface area contributed by atoms with Crippen molar-refractivity contribution in [2.45, 2.75) is 37.6 Å². The number of likely N-dealkylation sites (tertiary alicyclic amines) is 1. The first kappa shape index (κ1) is 11.7. The van der Waals surface area contributed by atoms with Crippen LogP contribution < -0.4 is 5.73 Å². The van der Waals surface area contributed by atoms with Gasteiger partial charge in [0.25, 0.3) is 0 Å². The predicted molar refractivity (Wildman–Crippen MR) is 73.4 cm³/mol. The third-order valence-corrected chi connectivity index (χ3v) is 5.28. The SMILES string of the molecule is NC1CC(c2cccs2)CN(CC2CCC2)C1. The van der Waals surface area contributed by atoms with Gasteiger partial charge in [0.05, 0.1) is 0 Å². The number of rotatable bonds is 3. The van der Waals surface area contributed by atoms with Gasteiger partial charge in [0.2, 0.25) is 0 Å². The number of thiophene rings is 1. The third-order valence-electron chi connectivity index (χ3n) is 4.25. The maximum Gasteiger partial charge on any atom is 0.0174 e. The molecule has 1 aromatic rings. The van der Waals surface area contributed by atoms with E-state index in [4.69, 9.17) is 5.73 Å². The van der Waals surface area contributed by atoms with E-state index in [9.17, 15) is 0 Å². The van der Waals surface area contributed by atoms with Gasteiger partial charge >= 0.3 is 0 Å². The van der Waals surface area contributed by atoms with Crippen molar-refractivity contribution < 1.29 is 0 Å². The molecule has 0 amide bonds. The number of hydrogen-bond donors (Lipinski definition) is 1. The minimum Gasteiger partial charge on any atom is -0.327 e. The topological polar surface area (TPSA) is 29.3 Å². The van der Waals surface area contributed by atoms with Gasteiger partial charge in [-0.05, 0) is 36.6 Å². The van der Waals surface area contributed by atoms with E-state index in [-0.39, 0.29) is 0 Å². The molecule has 1 saturated carbocycles. The number of hydrogen-bond acceptors (Lipinski definition) is 3. The van der Waals surface area contributed by atoms with Gasteiger partial charge in [0.1, 0.15) is 0 Å². The standard InChI is InChI=1S/C14H22N2S/c15-13-7-12(14-5-2-6-17-14)9-16(10-13)8-11-3-1-4-11/h2,5-6,11-13H,1,3-4,7-10,15H2. The van der Waals surface area contributed by atoms with Crippen LogP contribution in [0.5, 0.6) is 0 Å². The zero-order valence-electron chi connectivity index (χ0n) is 10.3. The first-order valence-corrected chi connectivity index (χ1v) is 7.70. The molecule has 0 spiro atoms. The molecule has 2 unspecified atom stereocenters. The quantitative estimate of drug-likeness (QED) is 0.893. The second-order valence-electron chi connectivity index (χ2n) is 5.72. The van der Waals surface area contributed by atoms with Crippen LogP contribution in [0.4, 0.5) is 0 Å². The summed E-state index contributed by atoms with van der Waals surface area (Å²) in [7, 11) is 0. The van der Waals surface area contributed by atoms with Gasteiger partial charge in [0, 0.05) is 36.5 Å². The Morgan fingerprint density at radius 1 is 1.35 bits per heavy atom. The highest BCUT2D eigenvalue weighted by Crippen LogP contribution is 2.32. The van der Waals surface area contributed by atoms with E-state index in [1.54, 1.807) is 0 Å². The lowest BCUT2D eigenvalue weighted by atomic mass is 9.84. The van der Waals surface area contributed by atoms with Crippen LogP contribution in [0.15, 0.2) is 17.5 Å². The Morgan fingerprint density at radius 2 is 2.24 bits per heavy atom. The summed E-state index contributed by atoms with van der Waals surface area (Å²) in [6.45, 7) is 3.62. The van der Waals surface area contributed by atoms with Gasteiger partial charge in [-0.25, -0.2) is 0 Å². The fourth-order valence-electron chi connectivity index (χ4n) is 3.15. The summed E-state index contributed by atoms with van der Waals surface area (Å²) in [5.74, 6) is 1.64. The second-order valence-corrected chi connectivity index (χ2v) is 6.70. The lowest BCUT2D eigenvalue weighted by Gasteiger charge is -2.39. The monoisotopic (exact) mass is 250 g/mol. The van der Waals surface area contributed by atoms with Crippen LogP contribution >= 0.6 is 11.3 Å². The molecular formula is C14H22N2S. The predicted octanol–water partition coefficient (Wildman–Crippen LogP) is 2.66. The van der Waals surface area contributed by atoms with Crippen LogP contribution in [0.3, 0.4) is 0 Å². The van der Waals surface area contributed by atoms with Crippen LogP contribution in [0, 0.1) is 5.92 Å². The van der Waals surface area contributed by atoms with Gasteiger partial charge in [-0.1, -0.05) is 12.5 Å². The third kappa shape index (κ3) is 2.72. The summed E-state index contributed by atoms with van der Waals surface area (Å²) in [6.07, 6.45) is 5.49. The van der Waals surface area contributed by atoms with Gasteiger partial charge in [-0.15, -0.1) is 11.3 Å². The average molecular weight is 250 g/mol. The highest BCUT2D eigenvalue weighted by molar-refractivity contribution is 7.10. The Morgan fingerprint density at radius 3 is 2.88 bits per heavy atom. The molecule has 94 valence electrons. The first-order chi connectivity index (χ1) is 8.31. The lowest BCUT2D eigenvalue weighted by molar-refractivity contribution is 0.133. The van der Waals surface area contributed by atoms with Crippen LogP contribution in [0.1, 0.15) is 36.5 Å². The molecule has 3 rings (SSSR count). The Hall–Kier alpha value is -0.380. The fraction of sp³-hybridized carbons (Fsp3) is 0.714. The molecule has 0 bridgehead atoms. The molecule has 1 aliphatic heterocycles. The molecule has 2 aliphatic rings. The van der Waals surface area contributed by atoms with Gasteiger partial charge in [-0.3, -0.25) is 0 Å². The molecule has 2 fully saturated rings. The molecule has 1 aliphatic carbocycles. The molecule has 2 N–H and O–H groups in total. The van der Waals surface area contributed by atoms with E-state index < -0.39 is 0 Å². The van der Waals surface area contributed by atoms with Crippen LogP contribution in [0.25, 0.3) is 0 Å². The molecule has 2 atom stereocenters. The van der Waals surface area contributed by atoms with Gasteiger partial charge in [0.15, 0.2) is 0 Å². The summed E-state index contributed by atoms with van der Waals surface area (Å²) in [5.41, 5.74) is 6.22. The summed E-state index contributed by atoms with van der Waals surface area (Å²) < 4.78 is 0. The summed E-state index contributed by atoms with van der Waals surface area (Å²) in [6, 6.07) is 4.81. The Labute approximate surface area is 108 Å². The van der Waals surface area contributed by atoms with E-state index in [0.29, 0.717) is 12.0 Å². The second kappa shape index (κ2) is 5.09. The number of nitrogens with two attached hydrogens (primary N) is 1. The first-order valence-electron chi connectivity index (χ1n) is 6.82. The normalized spacial score (nSPS) is 31.4. The minimum atomic E-state index is 0.371. The fourth-order valence-corrected chi connectivity index (χ4v) is 3.99. The van der Waals surface area contributed by atoms with Crippen molar-refractivity contribution >= 4 is 11.3 Å². The van der Waals surface area contributed by atoms with Crippen molar-refractivity contribution in [3.05, 3.63) is 22.4 Å². The van der Waals surface area contributed by atoms with Crippen molar-refractivity contribution in [1.82, 2.24) is 4.90 Å². The zero-order valence-corrected chi connectivity index (χ0v) is 11.2. The number of nitrogens with zero attached hydrogens (tertiary/aromatic N) is 1. The van der Waals surface area contributed by atoms with Gasteiger partial charge < -0.3 is 10.6 Å². The van der Waals surface area contributed by atoms with Crippen LogP contribution in [-0.2, 0) is 0 Å². The van der Waals surface area contributed by atoms with Crippen molar-refractivity contribution in [3.63, 3.8) is 0 Å². The van der Waals surface area contributed by atoms with E-state index in [2.05, 4.69) is 22.4 Å². The maximum atomic E-state index is 6.22. The van der Waals surface area contributed by atoms with Gasteiger partial charge in [-0.2, -0.15) is 0 Å². The van der Waals surface area contributed by atoms with E-state index in [1.807, 2.05) is 11.3 Å². The molecule has 1 saturated heterocycles. The van der Waals surface area contributed by atoms with Crippen LogP contribution in [0.2, 0.25) is 0 Å². The lowest BCUT2D eigenvalue weighted by Crippen LogP contribution is -2.48. The van der Waals surface area contributed by atoms with E-state index in [1.165, 1.54) is 43.6 Å². The van der Waals surface area contributed by atoms with Crippen LogP contribution in [-0.4, -0.2) is 30.6 Å². The minimum absolute atomic E-state index is 0.371. The molecule has 3 heteroatoms. The largest absolute Gasteiger partial charge is 0.327 e. The van der Waals surface area contributed by atoms with Crippen molar-refractivity contribution in [2.24, 2.45) is 11.7 Å². The van der Waals surface area contributed by atoms with E-state index in [0.717, 1.165) is 12.5 Å². The Kier molecular flexibility index (Phi) is 3.50. The average Bonchev–Trinajstić information content (AvgIpc) is 2.76. The molecule has 0 radical (unpaired) electrons. The number of piperidine rings is 1. The van der Waals surface area contributed by atoms with Crippen molar-refractivity contribution in [1.29, 1.82) is 0 Å². The summed E-state index contributed by atoms with van der Waals surface area (Å²) >= 11 is 1.89. The summed E-state index contributed by atoms with van der Waals surface area (Å²) in [4.78, 5) is 4.14. The highest BCUT2D eigenvalue weighted by atomic mass is 32.1.